The van der Waals surface area contributed by atoms with Crippen molar-refractivity contribution < 1.29 is 9.53 Å². The Morgan fingerprint density at radius 1 is 0.968 bits per heavy atom. The number of benzene rings is 2. The number of halogens is 2. The number of ether oxygens (including phenoxy) is 1. The minimum Gasteiger partial charge on any atom is -0.378 e. The van der Waals surface area contributed by atoms with Crippen LogP contribution < -0.4 is 11.0 Å². The zero-order valence-corrected chi connectivity index (χ0v) is 18.0. The Bertz CT molecular complexity index is 1250. The first-order valence-corrected chi connectivity index (χ1v) is 10.7. The van der Waals surface area contributed by atoms with E-state index in [0.29, 0.717) is 65.3 Å². The molecule has 2 aliphatic rings. The topological polar surface area (TPSA) is 63.6 Å². The number of carbonyl (C=O) groups excluding carboxylic acids is 1. The number of fused-ring (bicyclic) bond motifs is 3. The highest BCUT2D eigenvalue weighted by molar-refractivity contribution is 6.33. The Morgan fingerprint density at radius 3 is 2.52 bits per heavy atom. The van der Waals surface area contributed by atoms with Gasteiger partial charge in [-0.05, 0) is 29.8 Å². The van der Waals surface area contributed by atoms with E-state index in [-0.39, 0.29) is 11.5 Å². The van der Waals surface area contributed by atoms with Crippen LogP contribution in [0.15, 0.2) is 53.3 Å². The van der Waals surface area contributed by atoms with Crippen molar-refractivity contribution in [2.45, 2.75) is 6.54 Å². The summed E-state index contributed by atoms with van der Waals surface area (Å²) in [7, 11) is 0. The van der Waals surface area contributed by atoms with Crippen LogP contribution in [0.25, 0.3) is 22.4 Å². The predicted octanol–water partition coefficient (Wildman–Crippen LogP) is 4.02. The van der Waals surface area contributed by atoms with Gasteiger partial charge in [0.25, 0.3) is 11.5 Å². The molecule has 2 aliphatic heterocycles. The van der Waals surface area contributed by atoms with Crippen molar-refractivity contribution >= 4 is 29.1 Å². The van der Waals surface area contributed by atoms with Gasteiger partial charge in [0.15, 0.2) is 0 Å². The number of hydrogen-bond donors (Lipinski definition) is 1. The van der Waals surface area contributed by atoms with E-state index in [0.717, 1.165) is 11.1 Å². The summed E-state index contributed by atoms with van der Waals surface area (Å²) in [5.41, 5.74) is 6.50. The van der Waals surface area contributed by atoms with E-state index in [9.17, 15) is 9.59 Å². The SMILES string of the molecule is O=C(c1cc(-c2ccccc2Cl)c(=O)n2c1-c1cc(Cl)ccc1CN2)N1CCOCC1. The Labute approximate surface area is 188 Å². The van der Waals surface area contributed by atoms with E-state index in [2.05, 4.69) is 5.43 Å². The van der Waals surface area contributed by atoms with Gasteiger partial charge in [0.2, 0.25) is 0 Å². The maximum Gasteiger partial charge on any atom is 0.277 e. The van der Waals surface area contributed by atoms with E-state index in [1.54, 1.807) is 41.3 Å². The van der Waals surface area contributed by atoms with Gasteiger partial charge in [-0.1, -0.05) is 47.5 Å². The van der Waals surface area contributed by atoms with Crippen LogP contribution in [0.2, 0.25) is 10.0 Å². The molecule has 6 nitrogen and oxygen atoms in total. The van der Waals surface area contributed by atoms with Gasteiger partial charge in [0, 0.05) is 34.3 Å². The second-order valence-corrected chi connectivity index (χ2v) is 8.33. The molecule has 8 heteroatoms. The molecule has 0 unspecified atom stereocenters. The fraction of sp³-hybridized carbons (Fsp3) is 0.217. The third-order valence-corrected chi connectivity index (χ3v) is 6.21. The van der Waals surface area contributed by atoms with E-state index in [1.165, 1.54) is 4.68 Å². The molecular weight excluding hydrogens is 437 g/mol. The molecule has 0 radical (unpaired) electrons. The molecule has 2 aromatic carbocycles. The average Bonchev–Trinajstić information content (AvgIpc) is 2.80. The van der Waals surface area contributed by atoms with Crippen LogP contribution in [-0.4, -0.2) is 41.8 Å². The fourth-order valence-electron chi connectivity index (χ4n) is 4.09. The first-order chi connectivity index (χ1) is 15.0. The van der Waals surface area contributed by atoms with Gasteiger partial charge in [-0.3, -0.25) is 9.59 Å². The first kappa shape index (κ1) is 20.1. The van der Waals surface area contributed by atoms with Gasteiger partial charge in [-0.15, -0.1) is 0 Å². The highest BCUT2D eigenvalue weighted by Gasteiger charge is 2.29. The van der Waals surface area contributed by atoms with Crippen LogP contribution in [0.5, 0.6) is 0 Å². The van der Waals surface area contributed by atoms with Crippen LogP contribution in [-0.2, 0) is 11.3 Å². The molecule has 158 valence electrons. The summed E-state index contributed by atoms with van der Waals surface area (Å²) in [6, 6.07) is 14.3. The van der Waals surface area contributed by atoms with Gasteiger partial charge >= 0.3 is 0 Å². The van der Waals surface area contributed by atoms with Crippen molar-refractivity contribution in [1.82, 2.24) is 9.58 Å². The smallest absolute Gasteiger partial charge is 0.277 e. The highest BCUT2D eigenvalue weighted by atomic mass is 35.5. The third kappa shape index (κ3) is 3.51. The van der Waals surface area contributed by atoms with E-state index in [1.807, 2.05) is 12.1 Å². The zero-order chi connectivity index (χ0) is 21.5. The monoisotopic (exact) mass is 455 g/mol. The lowest BCUT2D eigenvalue weighted by Gasteiger charge is -2.30. The number of pyridine rings is 1. The molecule has 0 spiro atoms. The summed E-state index contributed by atoms with van der Waals surface area (Å²) in [6.45, 7) is 2.40. The van der Waals surface area contributed by atoms with Gasteiger partial charge in [-0.25, -0.2) is 4.68 Å². The van der Waals surface area contributed by atoms with Gasteiger partial charge in [0.1, 0.15) is 0 Å². The van der Waals surface area contributed by atoms with Gasteiger partial charge in [0.05, 0.1) is 36.6 Å². The number of aromatic nitrogens is 1. The summed E-state index contributed by atoms with van der Waals surface area (Å²) in [6.07, 6.45) is 0. The third-order valence-electron chi connectivity index (χ3n) is 5.65. The van der Waals surface area contributed by atoms with Crippen molar-refractivity contribution in [2.75, 3.05) is 31.7 Å². The summed E-state index contributed by atoms with van der Waals surface area (Å²) in [5, 5.41) is 0.990. The Morgan fingerprint density at radius 2 is 1.74 bits per heavy atom. The molecule has 0 bridgehead atoms. The lowest BCUT2D eigenvalue weighted by atomic mass is 9.95. The Balaban J connectivity index is 1.79. The molecule has 1 fully saturated rings. The molecule has 0 aliphatic carbocycles. The number of carbonyl (C=O) groups is 1. The van der Waals surface area contributed by atoms with Crippen molar-refractivity contribution in [3.63, 3.8) is 0 Å². The van der Waals surface area contributed by atoms with Crippen molar-refractivity contribution in [3.05, 3.63) is 80.1 Å². The molecular formula is C23H19Cl2N3O3. The molecule has 1 saturated heterocycles. The van der Waals surface area contributed by atoms with E-state index < -0.39 is 0 Å². The van der Waals surface area contributed by atoms with Crippen LogP contribution in [0.1, 0.15) is 15.9 Å². The number of nitrogens with one attached hydrogen (secondary N) is 1. The molecule has 0 atom stereocenters. The van der Waals surface area contributed by atoms with E-state index in [4.69, 9.17) is 27.9 Å². The largest absolute Gasteiger partial charge is 0.378 e. The second kappa shape index (κ2) is 8.04. The highest BCUT2D eigenvalue weighted by Crippen LogP contribution is 2.35. The Hall–Kier alpha value is -2.80. The van der Waals surface area contributed by atoms with E-state index >= 15 is 0 Å². The number of nitrogens with zero attached hydrogens (tertiary/aromatic N) is 2. The quantitative estimate of drug-likeness (QED) is 0.633. The normalized spacial score (nSPS) is 15.1. The molecule has 0 saturated carbocycles. The molecule has 3 heterocycles. The van der Waals surface area contributed by atoms with Crippen LogP contribution in [0, 0.1) is 0 Å². The van der Waals surface area contributed by atoms with Gasteiger partial charge in [-0.2, -0.15) is 0 Å². The second-order valence-electron chi connectivity index (χ2n) is 7.48. The van der Waals surface area contributed by atoms with Crippen LogP contribution in [0.4, 0.5) is 0 Å². The number of rotatable bonds is 2. The Kier molecular flexibility index (Phi) is 5.22. The maximum atomic E-state index is 13.6. The fourth-order valence-corrected chi connectivity index (χ4v) is 4.50. The number of morpholine rings is 1. The number of amides is 1. The first-order valence-electron chi connectivity index (χ1n) is 9.99. The van der Waals surface area contributed by atoms with Crippen molar-refractivity contribution in [1.29, 1.82) is 0 Å². The van der Waals surface area contributed by atoms with Crippen LogP contribution >= 0.6 is 23.2 Å². The predicted molar refractivity (Wildman–Crippen MR) is 121 cm³/mol. The van der Waals surface area contributed by atoms with Crippen molar-refractivity contribution in [3.8, 4) is 22.4 Å². The lowest BCUT2D eigenvalue weighted by molar-refractivity contribution is 0.0303. The maximum absolute atomic E-state index is 13.6. The molecule has 3 aromatic rings. The lowest BCUT2D eigenvalue weighted by Crippen LogP contribution is -2.42. The molecule has 1 amide bonds. The zero-order valence-electron chi connectivity index (χ0n) is 16.5. The summed E-state index contributed by atoms with van der Waals surface area (Å²) < 4.78 is 6.85. The van der Waals surface area contributed by atoms with Crippen LogP contribution in [0.3, 0.4) is 0 Å². The molecule has 1 N–H and O–H groups in total. The summed E-state index contributed by atoms with van der Waals surface area (Å²) in [4.78, 5) is 28.8. The minimum absolute atomic E-state index is 0.157. The number of hydrogen-bond acceptors (Lipinski definition) is 4. The average molecular weight is 456 g/mol. The summed E-state index contributed by atoms with van der Waals surface area (Å²) in [5.74, 6) is -0.157. The molecule has 1 aromatic heterocycles. The van der Waals surface area contributed by atoms with Gasteiger partial charge < -0.3 is 15.1 Å². The molecule has 5 rings (SSSR count). The minimum atomic E-state index is -0.271. The molecule has 31 heavy (non-hydrogen) atoms. The van der Waals surface area contributed by atoms with Crippen molar-refractivity contribution in [2.24, 2.45) is 0 Å². The summed E-state index contributed by atoms with van der Waals surface area (Å²) >= 11 is 12.7. The standard InChI is InChI=1S/C23H19Cl2N3O3/c24-15-6-5-14-13-26-28-21(17(14)11-15)19(22(29)27-7-9-31-10-8-27)12-18(23(28)30)16-3-1-2-4-20(16)25/h1-6,11-12,26H,7-10,13H2.